The molecule has 0 bridgehead atoms. The van der Waals surface area contributed by atoms with Crippen LogP contribution in [0.2, 0.25) is 0 Å². The molecule has 0 aromatic heterocycles. The van der Waals surface area contributed by atoms with E-state index in [-0.39, 0.29) is 10.6 Å². The van der Waals surface area contributed by atoms with Crippen LogP contribution in [0, 0.1) is 11.6 Å². The van der Waals surface area contributed by atoms with Gasteiger partial charge in [-0.2, -0.15) is 11.8 Å². The third kappa shape index (κ3) is 3.29. The van der Waals surface area contributed by atoms with Gasteiger partial charge in [-0.3, -0.25) is 4.90 Å². The predicted molar refractivity (Wildman–Crippen MR) is 80.5 cm³/mol. The molecule has 1 aliphatic rings. The van der Waals surface area contributed by atoms with Gasteiger partial charge in [-0.25, -0.2) is 8.78 Å². The molecular weight excluding hydrogens is 296 g/mol. The Hall–Kier alpha value is -1.34. The van der Waals surface area contributed by atoms with Crippen molar-refractivity contribution < 1.29 is 14.0 Å². The second-order valence-electron chi connectivity index (χ2n) is 5.17. The number of hydrogen-bond acceptors (Lipinski definition) is 4. The molecule has 1 aromatic rings. The van der Waals surface area contributed by atoms with Gasteiger partial charge in [0.2, 0.25) is 0 Å². The fourth-order valence-electron chi connectivity index (χ4n) is 2.64. The van der Waals surface area contributed by atoms with Gasteiger partial charge in [0.05, 0.1) is 4.75 Å². The summed E-state index contributed by atoms with van der Waals surface area (Å²) < 4.78 is 26.5. The van der Waals surface area contributed by atoms with Gasteiger partial charge >= 0.3 is 0 Å². The van der Waals surface area contributed by atoms with Crippen LogP contribution in [-0.4, -0.2) is 40.0 Å². The van der Waals surface area contributed by atoms with Gasteiger partial charge in [-0.1, -0.05) is 17.3 Å². The van der Waals surface area contributed by atoms with Crippen molar-refractivity contribution in [2.75, 3.05) is 19.3 Å². The van der Waals surface area contributed by atoms with Gasteiger partial charge in [-0.05, 0) is 25.2 Å². The molecule has 1 fully saturated rings. The van der Waals surface area contributed by atoms with E-state index in [0.717, 1.165) is 6.07 Å². The Balaban J connectivity index is 2.03. The van der Waals surface area contributed by atoms with E-state index >= 15 is 0 Å². The lowest BCUT2D eigenvalue weighted by Gasteiger charge is -2.39. The molecule has 0 saturated carbocycles. The van der Waals surface area contributed by atoms with Gasteiger partial charge in [0.25, 0.3) is 0 Å². The molecule has 21 heavy (non-hydrogen) atoms. The molecule has 0 radical (unpaired) electrons. The molecule has 116 valence electrons. The summed E-state index contributed by atoms with van der Waals surface area (Å²) in [6, 6.07) is 4.23. The first-order valence-corrected chi connectivity index (χ1v) is 7.93. The molecule has 0 spiro atoms. The third-order valence-electron chi connectivity index (χ3n) is 4.05. The minimum absolute atomic E-state index is 0.228. The third-order valence-corrected chi connectivity index (χ3v) is 5.45. The largest absolute Gasteiger partial charge is 0.409 e. The molecule has 0 atom stereocenters. The van der Waals surface area contributed by atoms with Gasteiger partial charge in [0.15, 0.2) is 17.5 Å². The first-order valence-electron chi connectivity index (χ1n) is 6.71. The van der Waals surface area contributed by atoms with Gasteiger partial charge in [0, 0.05) is 25.2 Å². The topological polar surface area (TPSA) is 61.9 Å². The Labute approximate surface area is 127 Å². The number of halogens is 2. The van der Waals surface area contributed by atoms with Crippen molar-refractivity contribution in [3.05, 3.63) is 35.4 Å². The Morgan fingerprint density at radius 1 is 1.43 bits per heavy atom. The van der Waals surface area contributed by atoms with Crippen LogP contribution in [0.15, 0.2) is 23.4 Å². The molecule has 7 heteroatoms. The van der Waals surface area contributed by atoms with Crippen molar-refractivity contribution in [1.29, 1.82) is 0 Å². The number of nitrogens with two attached hydrogens (primary N) is 1. The number of likely N-dealkylation sites (tertiary alicyclic amines) is 1. The van der Waals surface area contributed by atoms with E-state index in [1.54, 1.807) is 17.8 Å². The highest BCUT2D eigenvalue weighted by atomic mass is 32.2. The molecule has 1 saturated heterocycles. The minimum atomic E-state index is -0.820. The Morgan fingerprint density at radius 2 is 2.10 bits per heavy atom. The summed E-state index contributed by atoms with van der Waals surface area (Å²) in [5, 5.41) is 12.0. The summed E-state index contributed by atoms with van der Waals surface area (Å²) in [4.78, 5) is 2.05. The number of rotatable bonds is 4. The number of thioether (sulfide) groups is 1. The van der Waals surface area contributed by atoms with Crippen molar-refractivity contribution in [1.82, 2.24) is 4.90 Å². The van der Waals surface area contributed by atoms with Crippen LogP contribution >= 0.6 is 11.8 Å². The van der Waals surface area contributed by atoms with Crippen molar-refractivity contribution in [3.63, 3.8) is 0 Å². The zero-order valence-electron chi connectivity index (χ0n) is 11.9. The standard InChI is InChI=1S/C14H19F2N3OS/c1-21-14(13(17)18-20)5-7-19(8-6-14)9-10-3-2-4-11(15)12(10)16/h2-4,20H,5-9H2,1H3,(H2,17,18). The van der Waals surface area contributed by atoms with E-state index in [9.17, 15) is 8.78 Å². The van der Waals surface area contributed by atoms with E-state index in [2.05, 4.69) is 10.1 Å². The SMILES string of the molecule is CSC1(C(N)=NO)CCN(Cc2cccc(F)c2F)CC1. The van der Waals surface area contributed by atoms with E-state index in [0.29, 0.717) is 38.0 Å². The highest BCUT2D eigenvalue weighted by molar-refractivity contribution is 8.00. The van der Waals surface area contributed by atoms with E-state index in [4.69, 9.17) is 10.9 Å². The summed E-state index contributed by atoms with van der Waals surface area (Å²) in [6.45, 7) is 1.74. The first-order chi connectivity index (χ1) is 10.0. The number of hydrogen-bond donors (Lipinski definition) is 2. The Kier molecular flexibility index (Phi) is 5.05. The smallest absolute Gasteiger partial charge is 0.163 e. The lowest BCUT2D eigenvalue weighted by Crippen LogP contribution is -2.49. The van der Waals surface area contributed by atoms with Crippen LogP contribution in [0.5, 0.6) is 0 Å². The lowest BCUT2D eigenvalue weighted by atomic mass is 9.94. The molecule has 3 N–H and O–H groups in total. The molecular formula is C14H19F2N3OS. The molecule has 0 aliphatic carbocycles. The van der Waals surface area contributed by atoms with Gasteiger partial charge in [0.1, 0.15) is 0 Å². The number of amidine groups is 1. The monoisotopic (exact) mass is 315 g/mol. The normalized spacial score (nSPS) is 19.7. The van der Waals surface area contributed by atoms with Crippen LogP contribution in [-0.2, 0) is 6.54 Å². The summed E-state index contributed by atoms with van der Waals surface area (Å²) in [7, 11) is 0. The maximum absolute atomic E-state index is 13.7. The fourth-order valence-corrected chi connectivity index (χ4v) is 3.48. The molecule has 1 heterocycles. The second-order valence-corrected chi connectivity index (χ2v) is 6.36. The Morgan fingerprint density at radius 3 is 2.67 bits per heavy atom. The minimum Gasteiger partial charge on any atom is -0.409 e. The van der Waals surface area contributed by atoms with Crippen molar-refractivity contribution in [2.24, 2.45) is 10.9 Å². The summed E-state index contributed by atoms with van der Waals surface area (Å²) in [5.74, 6) is -1.37. The maximum atomic E-state index is 13.7. The predicted octanol–water partition coefficient (Wildman–Crippen LogP) is 2.41. The maximum Gasteiger partial charge on any atom is 0.163 e. The van der Waals surface area contributed by atoms with E-state index in [1.165, 1.54) is 6.07 Å². The van der Waals surface area contributed by atoms with Crippen LogP contribution in [0.4, 0.5) is 8.78 Å². The van der Waals surface area contributed by atoms with Crippen molar-refractivity contribution in [3.8, 4) is 0 Å². The second kappa shape index (κ2) is 6.62. The highest BCUT2D eigenvalue weighted by Crippen LogP contribution is 2.35. The fraction of sp³-hybridized carbons (Fsp3) is 0.500. The highest BCUT2D eigenvalue weighted by Gasteiger charge is 2.38. The molecule has 2 rings (SSSR count). The molecule has 4 nitrogen and oxygen atoms in total. The number of oxime groups is 1. The summed E-state index contributed by atoms with van der Waals surface area (Å²) >= 11 is 1.56. The quantitative estimate of drug-likeness (QED) is 0.388. The molecule has 1 aliphatic heterocycles. The zero-order chi connectivity index (χ0) is 15.5. The number of nitrogens with zero attached hydrogens (tertiary/aromatic N) is 2. The summed E-state index contributed by atoms with van der Waals surface area (Å²) in [6.07, 6.45) is 3.35. The molecule has 1 aromatic carbocycles. The average molecular weight is 315 g/mol. The van der Waals surface area contributed by atoms with Gasteiger partial charge in [-0.15, -0.1) is 0 Å². The summed E-state index contributed by atoms with van der Waals surface area (Å²) in [5.41, 5.74) is 6.14. The van der Waals surface area contributed by atoms with E-state index < -0.39 is 11.6 Å². The van der Waals surface area contributed by atoms with Crippen LogP contribution in [0.3, 0.4) is 0 Å². The first kappa shape index (κ1) is 16.0. The average Bonchev–Trinajstić information content (AvgIpc) is 2.52. The van der Waals surface area contributed by atoms with Crippen LogP contribution < -0.4 is 5.73 Å². The van der Waals surface area contributed by atoms with Gasteiger partial charge < -0.3 is 10.9 Å². The number of piperidine rings is 1. The molecule has 0 unspecified atom stereocenters. The zero-order valence-corrected chi connectivity index (χ0v) is 12.7. The lowest BCUT2D eigenvalue weighted by molar-refractivity contribution is 0.206. The molecule has 0 amide bonds. The van der Waals surface area contributed by atoms with Crippen LogP contribution in [0.25, 0.3) is 0 Å². The van der Waals surface area contributed by atoms with Crippen molar-refractivity contribution >= 4 is 17.6 Å². The van der Waals surface area contributed by atoms with Crippen LogP contribution in [0.1, 0.15) is 18.4 Å². The van der Waals surface area contributed by atoms with Crippen molar-refractivity contribution in [2.45, 2.75) is 24.1 Å². The van der Waals surface area contributed by atoms with E-state index in [1.807, 2.05) is 6.26 Å². The Bertz CT molecular complexity index is 531. The number of benzene rings is 1.